The summed E-state index contributed by atoms with van der Waals surface area (Å²) >= 11 is 0. The van der Waals surface area contributed by atoms with Crippen molar-refractivity contribution in [1.29, 1.82) is 0 Å². The van der Waals surface area contributed by atoms with Crippen LogP contribution >= 0.6 is 7.82 Å². The molecular weight excluding hydrogens is 597 g/mol. The molecule has 8 heteroatoms. The smallest absolute Gasteiger partial charge is 0.391 e. The van der Waals surface area contributed by atoms with Crippen molar-refractivity contribution in [3.63, 3.8) is 0 Å². The topological polar surface area (TPSA) is 116 Å². The van der Waals surface area contributed by atoms with Crippen molar-refractivity contribution in [2.24, 2.45) is 0 Å². The predicted octanol–water partition coefficient (Wildman–Crippen LogP) is 10.6. The molecule has 0 heterocycles. The van der Waals surface area contributed by atoms with Crippen LogP contribution in [0.5, 0.6) is 0 Å². The van der Waals surface area contributed by atoms with E-state index in [0.717, 1.165) is 44.9 Å². The number of rotatable bonds is 33. The lowest BCUT2D eigenvalue weighted by molar-refractivity contribution is -0.123. The molecule has 4 N–H and O–H groups in total. The minimum Gasteiger partial charge on any atom is -0.391 e. The van der Waals surface area contributed by atoms with E-state index >= 15 is 0 Å². The Hall–Kier alpha value is -1.50. The van der Waals surface area contributed by atoms with E-state index in [1.54, 1.807) is 0 Å². The first kappa shape index (κ1) is 44.5. The van der Waals surface area contributed by atoms with Gasteiger partial charge in [-0.05, 0) is 51.4 Å². The van der Waals surface area contributed by atoms with E-state index in [1.807, 2.05) is 0 Å². The molecule has 0 fully saturated rings. The second-order valence-corrected chi connectivity index (χ2v) is 13.8. The van der Waals surface area contributed by atoms with Gasteiger partial charge in [0.1, 0.15) is 0 Å². The Bertz CT molecular complexity index is 850. The van der Waals surface area contributed by atoms with E-state index in [-0.39, 0.29) is 12.3 Å². The molecule has 2 atom stereocenters. The number of aliphatic hydroxyl groups excluding tert-OH is 1. The quantitative estimate of drug-likeness (QED) is 0.0314. The molecule has 1 amide bonds. The summed E-state index contributed by atoms with van der Waals surface area (Å²) in [4.78, 5) is 30.7. The number of phosphoric acid groups is 1. The van der Waals surface area contributed by atoms with Crippen molar-refractivity contribution in [1.82, 2.24) is 5.32 Å². The Morgan fingerprint density at radius 1 is 0.630 bits per heavy atom. The first-order valence-corrected chi connectivity index (χ1v) is 20.1. The number of hydrogen-bond donors (Lipinski definition) is 4. The molecule has 0 rings (SSSR count). The third kappa shape index (κ3) is 33.9. The van der Waals surface area contributed by atoms with Gasteiger partial charge in [-0.2, -0.15) is 0 Å². The molecule has 0 aliphatic heterocycles. The largest absolute Gasteiger partial charge is 0.469 e. The zero-order chi connectivity index (χ0) is 34.0. The van der Waals surface area contributed by atoms with E-state index in [1.165, 1.54) is 89.9 Å². The number of hydrogen-bond acceptors (Lipinski definition) is 4. The molecule has 46 heavy (non-hydrogen) atoms. The molecule has 0 aliphatic rings. The monoisotopic (exact) mass is 667 g/mol. The molecule has 268 valence electrons. The number of phosphoric ester groups is 1. The number of nitrogens with one attached hydrogen (secondary N) is 1. The fourth-order valence-corrected chi connectivity index (χ4v) is 5.57. The Balaban J connectivity index is 4.06. The minimum atomic E-state index is -4.70. The van der Waals surface area contributed by atoms with Crippen LogP contribution in [0.1, 0.15) is 168 Å². The summed E-state index contributed by atoms with van der Waals surface area (Å²) in [6, 6.07) is -0.852. The van der Waals surface area contributed by atoms with Gasteiger partial charge in [0.15, 0.2) is 0 Å². The van der Waals surface area contributed by atoms with E-state index in [4.69, 9.17) is 9.79 Å². The van der Waals surface area contributed by atoms with E-state index in [2.05, 4.69) is 72.3 Å². The van der Waals surface area contributed by atoms with Gasteiger partial charge in [-0.25, -0.2) is 4.57 Å². The standard InChI is InChI=1S/C38H70NO6P/c1-3-5-7-9-11-13-14-15-16-17-18-19-20-21-22-23-24-26-28-30-32-34-38(41)39-36(35-45-46(42,43)44)37(40)33-31-29-27-25-12-10-8-6-4-2/h16-17,19-20,22-23,26,28,36-37,40H,3-15,18,21,24-25,27,29-35H2,1-2H3,(H,39,41)(H2,42,43,44)/b17-16+,20-19+,23-22+,28-26+/t36-,37+/m0/s1. The van der Waals surface area contributed by atoms with Gasteiger partial charge in [-0.1, -0.05) is 159 Å². The van der Waals surface area contributed by atoms with Crippen molar-refractivity contribution in [2.75, 3.05) is 6.61 Å². The summed E-state index contributed by atoms with van der Waals surface area (Å²) in [6.07, 6.45) is 42.5. The van der Waals surface area contributed by atoms with Crippen LogP contribution in [0.25, 0.3) is 0 Å². The molecule has 0 aromatic rings. The van der Waals surface area contributed by atoms with Gasteiger partial charge in [-0.3, -0.25) is 9.32 Å². The zero-order valence-electron chi connectivity index (χ0n) is 29.5. The Labute approximate surface area is 282 Å². The number of amides is 1. The average molecular weight is 668 g/mol. The summed E-state index contributed by atoms with van der Waals surface area (Å²) in [6.45, 7) is 4.05. The zero-order valence-corrected chi connectivity index (χ0v) is 30.4. The van der Waals surface area contributed by atoms with E-state index < -0.39 is 26.6 Å². The number of carbonyl (C=O) groups excluding carboxylic acids is 1. The highest BCUT2D eigenvalue weighted by Crippen LogP contribution is 2.36. The average Bonchev–Trinajstić information content (AvgIpc) is 3.02. The normalized spacial score (nSPS) is 13.9. The Morgan fingerprint density at radius 3 is 1.52 bits per heavy atom. The second kappa shape index (κ2) is 33.4. The molecule has 0 aromatic carbocycles. The van der Waals surface area contributed by atoms with Crippen molar-refractivity contribution >= 4 is 13.7 Å². The van der Waals surface area contributed by atoms with Crippen molar-refractivity contribution in [3.8, 4) is 0 Å². The van der Waals surface area contributed by atoms with Crippen LogP contribution in [0.4, 0.5) is 0 Å². The van der Waals surface area contributed by atoms with Gasteiger partial charge in [0.05, 0.1) is 18.8 Å². The second-order valence-electron chi connectivity index (χ2n) is 12.5. The number of carbonyl (C=O) groups is 1. The summed E-state index contributed by atoms with van der Waals surface area (Å²) < 4.78 is 15.8. The third-order valence-corrected chi connectivity index (χ3v) is 8.55. The van der Waals surface area contributed by atoms with Gasteiger partial charge >= 0.3 is 7.82 Å². The molecule has 0 spiro atoms. The van der Waals surface area contributed by atoms with Crippen LogP contribution in [0.3, 0.4) is 0 Å². The molecule has 0 aromatic heterocycles. The van der Waals surface area contributed by atoms with E-state index in [9.17, 15) is 14.5 Å². The van der Waals surface area contributed by atoms with Crippen molar-refractivity contribution in [3.05, 3.63) is 48.6 Å². The maximum Gasteiger partial charge on any atom is 0.469 e. The first-order valence-electron chi connectivity index (χ1n) is 18.6. The van der Waals surface area contributed by atoms with Gasteiger partial charge in [-0.15, -0.1) is 0 Å². The van der Waals surface area contributed by atoms with Gasteiger partial charge < -0.3 is 20.2 Å². The molecule has 0 saturated heterocycles. The van der Waals surface area contributed by atoms with Crippen LogP contribution in [0, 0.1) is 0 Å². The highest BCUT2D eigenvalue weighted by molar-refractivity contribution is 7.46. The van der Waals surface area contributed by atoms with Crippen LogP contribution in [-0.2, 0) is 13.9 Å². The first-order chi connectivity index (χ1) is 22.3. The van der Waals surface area contributed by atoms with Crippen LogP contribution in [0.2, 0.25) is 0 Å². The number of allylic oxidation sites excluding steroid dienone is 8. The molecule has 0 bridgehead atoms. The van der Waals surface area contributed by atoms with Gasteiger partial charge in [0.2, 0.25) is 5.91 Å². The van der Waals surface area contributed by atoms with Crippen LogP contribution < -0.4 is 5.32 Å². The maximum absolute atomic E-state index is 12.5. The lowest BCUT2D eigenvalue weighted by Gasteiger charge is -2.24. The fourth-order valence-electron chi connectivity index (χ4n) is 5.22. The van der Waals surface area contributed by atoms with Crippen molar-refractivity contribution in [2.45, 2.75) is 180 Å². The number of aliphatic hydroxyl groups is 1. The Morgan fingerprint density at radius 2 is 1.04 bits per heavy atom. The third-order valence-electron chi connectivity index (χ3n) is 8.07. The fraction of sp³-hybridized carbons (Fsp3) is 0.763. The molecule has 0 aliphatic carbocycles. The highest BCUT2D eigenvalue weighted by atomic mass is 31.2. The molecular formula is C38H70NO6P. The van der Waals surface area contributed by atoms with Crippen molar-refractivity contribution < 1.29 is 28.8 Å². The van der Waals surface area contributed by atoms with E-state index in [0.29, 0.717) is 12.8 Å². The summed E-state index contributed by atoms with van der Waals surface area (Å²) in [5.41, 5.74) is 0. The molecule has 7 nitrogen and oxygen atoms in total. The summed E-state index contributed by atoms with van der Waals surface area (Å²) in [5.74, 6) is -0.252. The van der Waals surface area contributed by atoms with Gasteiger partial charge in [0.25, 0.3) is 0 Å². The Kier molecular flexibility index (Phi) is 32.3. The highest BCUT2D eigenvalue weighted by Gasteiger charge is 2.25. The molecule has 0 saturated carbocycles. The lowest BCUT2D eigenvalue weighted by atomic mass is 10.0. The number of unbranched alkanes of at least 4 members (excludes halogenated alkanes) is 16. The van der Waals surface area contributed by atoms with Crippen LogP contribution in [0.15, 0.2) is 48.6 Å². The summed E-state index contributed by atoms with van der Waals surface area (Å²) in [7, 11) is -4.70. The van der Waals surface area contributed by atoms with Crippen LogP contribution in [-0.4, -0.2) is 39.6 Å². The lowest BCUT2D eigenvalue weighted by Crippen LogP contribution is -2.46. The predicted molar refractivity (Wildman–Crippen MR) is 195 cm³/mol. The van der Waals surface area contributed by atoms with Gasteiger partial charge in [0, 0.05) is 6.42 Å². The summed E-state index contributed by atoms with van der Waals surface area (Å²) in [5, 5.41) is 13.4. The SMILES string of the molecule is CCCCCCCCC/C=C/C/C=C/C/C=C/C/C=C/CCCC(=O)N[C@@H](COP(=O)(O)O)[C@H](O)CCCCCCCCCCC. The maximum atomic E-state index is 12.5. The molecule has 0 unspecified atom stereocenters. The minimum absolute atomic E-state index is 0.252. The molecule has 0 radical (unpaired) electrons.